The van der Waals surface area contributed by atoms with Crippen molar-refractivity contribution in [3.63, 3.8) is 0 Å². The summed E-state index contributed by atoms with van der Waals surface area (Å²) in [5, 5.41) is 3.72. The van der Waals surface area contributed by atoms with Gasteiger partial charge in [0.1, 0.15) is 0 Å². The van der Waals surface area contributed by atoms with Gasteiger partial charge in [-0.2, -0.15) is 11.8 Å². The van der Waals surface area contributed by atoms with Crippen LogP contribution in [0.25, 0.3) is 0 Å². The molecule has 2 aliphatic rings. The van der Waals surface area contributed by atoms with Crippen molar-refractivity contribution in [3.05, 3.63) is 0 Å². The molecule has 0 bridgehead atoms. The Labute approximate surface area is 128 Å². The third-order valence-electron chi connectivity index (χ3n) is 4.79. The first-order chi connectivity index (χ1) is 9.50. The Kier molecular flexibility index (Phi) is 5.41. The number of thioether (sulfide) groups is 1. The Morgan fingerprint density at radius 2 is 2.00 bits per heavy atom. The highest BCUT2D eigenvalue weighted by atomic mass is 32.2. The van der Waals surface area contributed by atoms with Crippen molar-refractivity contribution in [1.82, 2.24) is 10.2 Å². The van der Waals surface area contributed by atoms with Gasteiger partial charge in [-0.3, -0.25) is 10.1 Å². The molecule has 1 spiro atoms. The molecule has 0 aromatic rings. The number of rotatable bonds is 6. The maximum absolute atomic E-state index is 13.0. The fourth-order valence-corrected chi connectivity index (χ4v) is 4.31. The zero-order valence-electron chi connectivity index (χ0n) is 13.4. The van der Waals surface area contributed by atoms with Gasteiger partial charge in [0.2, 0.25) is 5.91 Å². The lowest BCUT2D eigenvalue weighted by molar-refractivity contribution is -0.135. The van der Waals surface area contributed by atoms with E-state index in [-0.39, 0.29) is 11.7 Å². The third kappa shape index (κ3) is 3.16. The lowest BCUT2D eigenvalue weighted by Gasteiger charge is -2.31. The van der Waals surface area contributed by atoms with Gasteiger partial charge < -0.3 is 4.90 Å². The molecule has 20 heavy (non-hydrogen) atoms. The monoisotopic (exact) mass is 298 g/mol. The smallest absolute Gasteiger partial charge is 0.244 e. The summed E-state index contributed by atoms with van der Waals surface area (Å²) in [6, 6.07) is 0.353. The lowest BCUT2D eigenvalue weighted by Crippen LogP contribution is -2.45. The van der Waals surface area contributed by atoms with E-state index in [0.717, 1.165) is 31.4 Å². The fourth-order valence-electron chi connectivity index (χ4n) is 3.73. The van der Waals surface area contributed by atoms with E-state index in [1.165, 1.54) is 12.8 Å². The molecule has 1 N–H and O–H groups in total. The average Bonchev–Trinajstić information content (AvgIpc) is 2.94. The molecule has 2 fully saturated rings. The summed E-state index contributed by atoms with van der Waals surface area (Å²) in [6.45, 7) is 6.71. The van der Waals surface area contributed by atoms with Gasteiger partial charge >= 0.3 is 0 Å². The zero-order chi connectivity index (χ0) is 14.8. The molecule has 1 saturated carbocycles. The second-order valence-corrected chi connectivity index (χ2v) is 7.91. The Morgan fingerprint density at radius 1 is 1.35 bits per heavy atom. The summed E-state index contributed by atoms with van der Waals surface area (Å²) in [6.07, 6.45) is 9.01. The standard InChI is InChI=1S/C16H30N2OS/c1-12(2)11-14-17-16(8-5-6-9-16)15(19)18(14)13(3)7-10-20-4/h12-14,17H,5-11H2,1-4H3. The van der Waals surface area contributed by atoms with Crippen molar-refractivity contribution in [2.75, 3.05) is 12.0 Å². The highest BCUT2D eigenvalue weighted by Gasteiger charge is 2.53. The average molecular weight is 298 g/mol. The van der Waals surface area contributed by atoms with E-state index in [9.17, 15) is 4.79 Å². The highest BCUT2D eigenvalue weighted by Crippen LogP contribution is 2.38. The lowest BCUT2D eigenvalue weighted by atomic mass is 9.97. The first kappa shape index (κ1) is 16.2. The van der Waals surface area contributed by atoms with Crippen molar-refractivity contribution in [2.24, 2.45) is 5.92 Å². The van der Waals surface area contributed by atoms with Crippen molar-refractivity contribution >= 4 is 17.7 Å². The molecule has 1 saturated heterocycles. The molecule has 1 aliphatic carbocycles. The van der Waals surface area contributed by atoms with Gasteiger partial charge in [0.05, 0.1) is 11.7 Å². The molecule has 2 atom stereocenters. The molecular formula is C16H30N2OS. The minimum Gasteiger partial charge on any atom is -0.323 e. The number of carbonyl (C=O) groups is 1. The van der Waals surface area contributed by atoms with Crippen LogP contribution in [0.15, 0.2) is 0 Å². The molecule has 1 heterocycles. The molecule has 2 rings (SSSR count). The van der Waals surface area contributed by atoms with Gasteiger partial charge in [0, 0.05) is 6.04 Å². The van der Waals surface area contributed by atoms with Crippen LogP contribution in [-0.2, 0) is 4.79 Å². The molecule has 116 valence electrons. The number of nitrogens with one attached hydrogen (secondary N) is 1. The maximum Gasteiger partial charge on any atom is 0.244 e. The topological polar surface area (TPSA) is 32.3 Å². The predicted molar refractivity (Wildman–Crippen MR) is 86.9 cm³/mol. The Morgan fingerprint density at radius 3 is 2.55 bits per heavy atom. The molecule has 1 amide bonds. The summed E-state index contributed by atoms with van der Waals surface area (Å²) in [5.41, 5.74) is -0.215. The van der Waals surface area contributed by atoms with E-state index >= 15 is 0 Å². The van der Waals surface area contributed by atoms with Gasteiger partial charge in [-0.15, -0.1) is 0 Å². The minimum absolute atomic E-state index is 0.215. The van der Waals surface area contributed by atoms with Crippen LogP contribution >= 0.6 is 11.8 Å². The Hall–Kier alpha value is -0.220. The summed E-state index contributed by atoms with van der Waals surface area (Å²) in [4.78, 5) is 15.2. The van der Waals surface area contributed by atoms with Gasteiger partial charge in [-0.25, -0.2) is 0 Å². The summed E-state index contributed by atoms with van der Waals surface area (Å²) < 4.78 is 0. The molecular weight excluding hydrogens is 268 g/mol. The van der Waals surface area contributed by atoms with Crippen molar-refractivity contribution in [2.45, 2.75) is 77.0 Å². The van der Waals surface area contributed by atoms with Gasteiger partial charge in [-0.1, -0.05) is 26.7 Å². The largest absolute Gasteiger partial charge is 0.323 e. The Bertz CT molecular complexity index is 339. The fraction of sp³-hybridized carbons (Fsp3) is 0.938. The zero-order valence-corrected chi connectivity index (χ0v) is 14.3. The van der Waals surface area contributed by atoms with Crippen LogP contribution in [0.4, 0.5) is 0 Å². The van der Waals surface area contributed by atoms with Crippen molar-refractivity contribution in [3.8, 4) is 0 Å². The molecule has 0 aromatic carbocycles. The SMILES string of the molecule is CSCCC(C)N1C(=O)C2(CCCC2)NC1CC(C)C. The summed E-state index contributed by atoms with van der Waals surface area (Å²) in [7, 11) is 0. The van der Waals surface area contributed by atoms with Crippen molar-refractivity contribution in [1.29, 1.82) is 0 Å². The maximum atomic E-state index is 13.0. The summed E-state index contributed by atoms with van der Waals surface area (Å²) >= 11 is 1.87. The van der Waals surface area contributed by atoms with Gasteiger partial charge in [0.15, 0.2) is 0 Å². The first-order valence-corrected chi connectivity index (χ1v) is 9.49. The highest BCUT2D eigenvalue weighted by molar-refractivity contribution is 7.98. The molecule has 0 radical (unpaired) electrons. The predicted octanol–water partition coefficient (Wildman–Crippen LogP) is 3.24. The van der Waals surface area contributed by atoms with Crippen molar-refractivity contribution < 1.29 is 4.79 Å². The molecule has 2 unspecified atom stereocenters. The normalized spacial score (nSPS) is 26.9. The number of nitrogens with zero attached hydrogens (tertiary/aromatic N) is 1. The van der Waals surface area contributed by atoms with Crippen LogP contribution < -0.4 is 5.32 Å². The van der Waals surface area contributed by atoms with E-state index < -0.39 is 0 Å². The molecule has 1 aliphatic heterocycles. The third-order valence-corrected chi connectivity index (χ3v) is 5.43. The van der Waals surface area contributed by atoms with E-state index in [2.05, 4.69) is 37.2 Å². The molecule has 3 nitrogen and oxygen atoms in total. The number of hydrogen-bond acceptors (Lipinski definition) is 3. The van der Waals surface area contributed by atoms with Crippen LogP contribution in [0, 0.1) is 5.92 Å². The number of amides is 1. The minimum atomic E-state index is -0.215. The number of carbonyl (C=O) groups excluding carboxylic acids is 1. The van der Waals surface area contributed by atoms with Crippen LogP contribution in [0.5, 0.6) is 0 Å². The molecule has 4 heteroatoms. The van der Waals surface area contributed by atoms with Crippen LogP contribution in [0.3, 0.4) is 0 Å². The second kappa shape index (κ2) is 6.69. The quantitative estimate of drug-likeness (QED) is 0.817. The van der Waals surface area contributed by atoms with E-state index in [0.29, 0.717) is 17.9 Å². The van der Waals surface area contributed by atoms with Crippen LogP contribution in [-0.4, -0.2) is 40.6 Å². The second-order valence-electron chi connectivity index (χ2n) is 6.92. The van der Waals surface area contributed by atoms with Crippen LogP contribution in [0.2, 0.25) is 0 Å². The number of hydrogen-bond donors (Lipinski definition) is 1. The first-order valence-electron chi connectivity index (χ1n) is 8.09. The summed E-state index contributed by atoms with van der Waals surface area (Å²) in [5.74, 6) is 2.13. The van der Waals surface area contributed by atoms with Gasteiger partial charge in [0.25, 0.3) is 0 Å². The van der Waals surface area contributed by atoms with E-state index in [4.69, 9.17) is 0 Å². The van der Waals surface area contributed by atoms with E-state index in [1.807, 2.05) is 11.8 Å². The van der Waals surface area contributed by atoms with Gasteiger partial charge in [-0.05, 0) is 50.5 Å². The van der Waals surface area contributed by atoms with Crippen LogP contribution in [0.1, 0.15) is 59.3 Å². The Balaban J connectivity index is 2.13. The molecule has 0 aromatic heterocycles. The van der Waals surface area contributed by atoms with E-state index in [1.54, 1.807) is 0 Å².